The lowest BCUT2D eigenvalue weighted by Crippen LogP contribution is -2.01. The largest absolute Gasteiger partial charge is 0.208 e. The lowest BCUT2D eigenvalue weighted by Gasteiger charge is -2.12. The van der Waals surface area contributed by atoms with Crippen LogP contribution in [0.15, 0.2) is 146 Å². The highest BCUT2D eigenvalue weighted by atomic mass is 15.0. The second-order valence-electron chi connectivity index (χ2n) is 9.82. The first kappa shape index (κ1) is 25.8. The minimum absolute atomic E-state index is 0.636. The maximum Gasteiger partial charge on any atom is 0.164 e. The van der Waals surface area contributed by atoms with E-state index in [9.17, 15) is 0 Å². The van der Waals surface area contributed by atoms with Gasteiger partial charge in [0.1, 0.15) is 0 Å². The first-order chi connectivity index (χ1) is 20.2. The van der Waals surface area contributed by atoms with Gasteiger partial charge in [0.2, 0.25) is 0 Å². The molecule has 6 aromatic rings. The second-order valence-corrected chi connectivity index (χ2v) is 9.82. The second kappa shape index (κ2) is 11.8. The van der Waals surface area contributed by atoms with E-state index in [1.165, 1.54) is 11.1 Å². The molecule has 0 aliphatic carbocycles. The molecule has 1 heterocycles. The molecule has 0 radical (unpaired) electrons. The van der Waals surface area contributed by atoms with Gasteiger partial charge in [-0.2, -0.15) is 0 Å². The fraction of sp³-hybridized carbons (Fsp3) is 0.0263. The molecule has 196 valence electrons. The van der Waals surface area contributed by atoms with Gasteiger partial charge in [-0.15, -0.1) is 0 Å². The Balaban J connectivity index is 1.47. The van der Waals surface area contributed by atoms with Gasteiger partial charge in [-0.05, 0) is 40.3 Å². The third-order valence-electron chi connectivity index (χ3n) is 7.10. The van der Waals surface area contributed by atoms with Crippen molar-refractivity contribution in [1.29, 1.82) is 0 Å². The van der Waals surface area contributed by atoms with E-state index >= 15 is 0 Å². The molecule has 3 nitrogen and oxygen atoms in total. The fourth-order valence-electron chi connectivity index (χ4n) is 4.90. The summed E-state index contributed by atoms with van der Waals surface area (Å²) in [5.74, 6) is 1.91. The Bertz CT molecular complexity index is 1720. The van der Waals surface area contributed by atoms with E-state index in [0.29, 0.717) is 17.5 Å². The summed E-state index contributed by atoms with van der Waals surface area (Å²) in [6.07, 6.45) is 5.78. The Morgan fingerprint density at radius 2 is 0.902 bits per heavy atom. The number of aromatic nitrogens is 3. The molecule has 0 unspecified atom stereocenters. The maximum atomic E-state index is 4.99. The van der Waals surface area contributed by atoms with Gasteiger partial charge in [-0.1, -0.05) is 152 Å². The molecule has 3 heteroatoms. The molecule has 0 atom stereocenters. The molecule has 6 rings (SSSR count). The summed E-state index contributed by atoms with van der Waals surface area (Å²) < 4.78 is 0. The Morgan fingerprint density at radius 1 is 0.463 bits per heavy atom. The third-order valence-corrected chi connectivity index (χ3v) is 7.10. The minimum Gasteiger partial charge on any atom is -0.208 e. The highest BCUT2D eigenvalue weighted by molar-refractivity contribution is 5.77. The molecule has 0 spiro atoms. The zero-order valence-electron chi connectivity index (χ0n) is 22.9. The molecule has 0 N–H and O–H groups in total. The fourth-order valence-corrected chi connectivity index (χ4v) is 4.90. The Hall–Kier alpha value is -5.41. The first-order valence-electron chi connectivity index (χ1n) is 13.7. The van der Waals surface area contributed by atoms with Crippen molar-refractivity contribution in [2.75, 3.05) is 0 Å². The van der Waals surface area contributed by atoms with E-state index in [1.54, 1.807) is 6.08 Å². The quantitative estimate of drug-likeness (QED) is 0.194. The lowest BCUT2D eigenvalue weighted by molar-refractivity contribution is 1.07. The van der Waals surface area contributed by atoms with Crippen molar-refractivity contribution in [2.24, 2.45) is 0 Å². The molecule has 0 amide bonds. The number of aryl methyl sites for hydroxylation is 1. The van der Waals surface area contributed by atoms with Crippen LogP contribution in [0.1, 0.15) is 11.1 Å². The Morgan fingerprint density at radius 3 is 1.39 bits per heavy atom. The van der Waals surface area contributed by atoms with E-state index in [4.69, 9.17) is 15.0 Å². The SMILES string of the molecule is C=C/C=C\c1c(C)cccc1-c1nc(-c2ccc(-c3ccccc3)cc2)nc(-c2ccc(-c3ccccc3)cc2)n1. The molecule has 0 fully saturated rings. The van der Waals surface area contributed by atoms with Crippen LogP contribution < -0.4 is 0 Å². The lowest BCUT2D eigenvalue weighted by atomic mass is 10.00. The number of rotatable bonds is 7. The highest BCUT2D eigenvalue weighted by Gasteiger charge is 2.15. The van der Waals surface area contributed by atoms with Crippen LogP contribution in [-0.2, 0) is 0 Å². The summed E-state index contributed by atoms with van der Waals surface area (Å²) in [6.45, 7) is 5.94. The van der Waals surface area contributed by atoms with Crippen LogP contribution >= 0.6 is 0 Å². The molecule has 5 aromatic carbocycles. The van der Waals surface area contributed by atoms with Crippen LogP contribution in [0.25, 0.3) is 62.5 Å². The van der Waals surface area contributed by atoms with Gasteiger partial charge in [0.05, 0.1) is 0 Å². The normalized spacial score (nSPS) is 11.0. The number of allylic oxidation sites excluding steroid dienone is 2. The molecule has 0 aliphatic rings. The van der Waals surface area contributed by atoms with Crippen molar-refractivity contribution in [3.05, 3.63) is 157 Å². The van der Waals surface area contributed by atoms with E-state index in [0.717, 1.165) is 38.9 Å². The molecule has 0 bridgehead atoms. The van der Waals surface area contributed by atoms with E-state index in [-0.39, 0.29) is 0 Å². The van der Waals surface area contributed by atoms with Gasteiger partial charge in [-0.3, -0.25) is 0 Å². The molecule has 0 saturated heterocycles. The number of hydrogen-bond donors (Lipinski definition) is 0. The summed E-state index contributed by atoms with van der Waals surface area (Å²) in [5.41, 5.74) is 9.68. The van der Waals surface area contributed by atoms with E-state index in [1.807, 2.05) is 24.3 Å². The van der Waals surface area contributed by atoms with Crippen LogP contribution in [0.4, 0.5) is 0 Å². The van der Waals surface area contributed by atoms with Crippen molar-refractivity contribution in [3.8, 4) is 56.4 Å². The van der Waals surface area contributed by atoms with Crippen LogP contribution in [-0.4, -0.2) is 15.0 Å². The zero-order chi connectivity index (χ0) is 28.0. The number of hydrogen-bond acceptors (Lipinski definition) is 3. The zero-order valence-corrected chi connectivity index (χ0v) is 22.9. The summed E-state index contributed by atoms with van der Waals surface area (Å²) in [6, 6.07) is 43.7. The van der Waals surface area contributed by atoms with E-state index in [2.05, 4.69) is 129 Å². The van der Waals surface area contributed by atoms with Gasteiger partial charge in [-0.25, -0.2) is 15.0 Å². The van der Waals surface area contributed by atoms with Crippen LogP contribution in [0, 0.1) is 6.92 Å². The Labute approximate surface area is 241 Å². The van der Waals surface area contributed by atoms with Gasteiger partial charge in [0.25, 0.3) is 0 Å². The molecule has 1 aromatic heterocycles. The molecular formula is C38H29N3. The monoisotopic (exact) mass is 527 g/mol. The van der Waals surface area contributed by atoms with E-state index < -0.39 is 0 Å². The maximum absolute atomic E-state index is 4.99. The summed E-state index contributed by atoms with van der Waals surface area (Å²) >= 11 is 0. The van der Waals surface area contributed by atoms with Gasteiger partial charge >= 0.3 is 0 Å². The molecule has 0 saturated carbocycles. The van der Waals surface area contributed by atoms with Gasteiger partial charge in [0, 0.05) is 16.7 Å². The van der Waals surface area contributed by atoms with Gasteiger partial charge in [0.15, 0.2) is 17.5 Å². The predicted octanol–water partition coefficient (Wildman–Crippen LogP) is 9.71. The number of benzene rings is 5. The molecular weight excluding hydrogens is 498 g/mol. The molecule has 0 aliphatic heterocycles. The predicted molar refractivity (Wildman–Crippen MR) is 171 cm³/mol. The van der Waals surface area contributed by atoms with Crippen molar-refractivity contribution >= 4 is 6.08 Å². The van der Waals surface area contributed by atoms with Crippen molar-refractivity contribution in [1.82, 2.24) is 15.0 Å². The first-order valence-corrected chi connectivity index (χ1v) is 13.7. The summed E-state index contributed by atoms with van der Waals surface area (Å²) in [5, 5.41) is 0. The van der Waals surface area contributed by atoms with Crippen molar-refractivity contribution < 1.29 is 0 Å². The summed E-state index contributed by atoms with van der Waals surface area (Å²) in [4.78, 5) is 15.0. The average Bonchev–Trinajstić information content (AvgIpc) is 3.05. The van der Waals surface area contributed by atoms with Crippen LogP contribution in [0.5, 0.6) is 0 Å². The third kappa shape index (κ3) is 5.66. The smallest absolute Gasteiger partial charge is 0.164 e. The standard InChI is InChI=1S/C38H29N3/c1-3-4-17-34-27(2)12-11-18-35(34)38-40-36(32-23-19-30(20-24-32)28-13-7-5-8-14-28)39-37(41-38)33-25-21-31(22-26-33)29-15-9-6-10-16-29/h3-26H,1H2,2H3/b17-4-. The average molecular weight is 528 g/mol. The van der Waals surface area contributed by atoms with Gasteiger partial charge < -0.3 is 0 Å². The molecule has 41 heavy (non-hydrogen) atoms. The minimum atomic E-state index is 0.636. The Kier molecular flexibility index (Phi) is 7.42. The highest BCUT2D eigenvalue weighted by Crippen LogP contribution is 2.31. The van der Waals surface area contributed by atoms with Crippen molar-refractivity contribution in [3.63, 3.8) is 0 Å². The topological polar surface area (TPSA) is 38.7 Å². The number of nitrogens with zero attached hydrogens (tertiary/aromatic N) is 3. The van der Waals surface area contributed by atoms with Crippen molar-refractivity contribution in [2.45, 2.75) is 6.92 Å². The van der Waals surface area contributed by atoms with Crippen LogP contribution in [0.3, 0.4) is 0 Å². The van der Waals surface area contributed by atoms with Crippen LogP contribution in [0.2, 0.25) is 0 Å². The summed E-state index contributed by atoms with van der Waals surface area (Å²) in [7, 11) is 0.